The number of rotatable bonds is 4. The number of hydrogen-bond acceptors (Lipinski definition) is 2. The molecular formula is C19H12F7NO2. The summed E-state index contributed by atoms with van der Waals surface area (Å²) in [6.07, 6.45) is -2.30. The predicted molar refractivity (Wildman–Crippen MR) is 88.9 cm³/mol. The first-order valence-electron chi connectivity index (χ1n) is 8.28. The number of nitrogens with zero attached hydrogens (tertiary/aromatic N) is 1. The van der Waals surface area contributed by atoms with Gasteiger partial charge in [-0.25, -0.2) is 13.2 Å². The molecule has 154 valence electrons. The molecule has 10 heteroatoms. The number of amides is 1. The van der Waals surface area contributed by atoms with E-state index in [2.05, 4.69) is 4.74 Å². The molecule has 0 N–H and O–H groups in total. The molecule has 3 nitrogen and oxygen atoms in total. The zero-order valence-corrected chi connectivity index (χ0v) is 14.4. The topological polar surface area (TPSA) is 29.5 Å². The van der Waals surface area contributed by atoms with E-state index in [4.69, 9.17) is 0 Å². The van der Waals surface area contributed by atoms with Crippen LogP contribution in [0.15, 0.2) is 42.5 Å². The molecule has 2 aromatic carbocycles. The summed E-state index contributed by atoms with van der Waals surface area (Å²) in [5.41, 5.74) is -3.44. The molecular weight excluding hydrogens is 407 g/mol. The van der Waals surface area contributed by atoms with E-state index in [1.807, 2.05) is 0 Å². The highest BCUT2D eigenvalue weighted by molar-refractivity contribution is 5.94. The van der Waals surface area contributed by atoms with Crippen LogP contribution in [-0.2, 0) is 4.79 Å². The third kappa shape index (κ3) is 4.06. The number of allylic oxidation sites excluding steroid dienone is 2. The fourth-order valence-electron chi connectivity index (χ4n) is 2.96. The third-order valence-electron chi connectivity index (χ3n) is 4.28. The Kier molecular flexibility index (Phi) is 5.54. The maximum Gasteiger partial charge on any atom is 0.573 e. The third-order valence-corrected chi connectivity index (χ3v) is 4.28. The molecule has 2 aromatic rings. The highest BCUT2D eigenvalue weighted by Crippen LogP contribution is 2.44. The van der Waals surface area contributed by atoms with Gasteiger partial charge in [0, 0.05) is 5.92 Å². The number of halogens is 7. The lowest BCUT2D eigenvalue weighted by Crippen LogP contribution is -2.31. The van der Waals surface area contributed by atoms with Gasteiger partial charge < -0.3 is 4.74 Å². The molecule has 1 aliphatic carbocycles. The molecule has 0 saturated heterocycles. The zero-order valence-electron chi connectivity index (χ0n) is 14.4. The van der Waals surface area contributed by atoms with Crippen molar-refractivity contribution in [2.24, 2.45) is 5.92 Å². The molecule has 0 heterocycles. The standard InChI is InChI=1S/C19H12F7NO2/c20-13-12(10-6-2-1-3-7-10)17(29-19(23,24)25)15(22)16(14(13)21)27(26)18(28)11-8-4-5-9-11/h1-7,11H,8-9H2. The maximum absolute atomic E-state index is 14.8. The average molecular weight is 419 g/mol. The second-order valence-electron chi connectivity index (χ2n) is 6.17. The SMILES string of the molecule is O=C(C1CC=CC1)N(F)c1c(F)c(F)c(-c2ccccc2)c(OC(F)(F)F)c1F. The normalized spacial score (nSPS) is 14.3. The summed E-state index contributed by atoms with van der Waals surface area (Å²) >= 11 is 0. The molecule has 0 fully saturated rings. The molecule has 1 aliphatic rings. The van der Waals surface area contributed by atoms with Crippen molar-refractivity contribution in [2.45, 2.75) is 19.2 Å². The Balaban J connectivity index is 2.19. The molecule has 0 aliphatic heterocycles. The fraction of sp³-hybridized carbons (Fsp3) is 0.211. The minimum Gasteiger partial charge on any atom is -0.402 e. The Hall–Kier alpha value is -3.04. The fourth-order valence-corrected chi connectivity index (χ4v) is 2.96. The molecule has 29 heavy (non-hydrogen) atoms. The Morgan fingerprint density at radius 2 is 1.55 bits per heavy atom. The molecule has 0 spiro atoms. The lowest BCUT2D eigenvalue weighted by Gasteiger charge is -2.22. The van der Waals surface area contributed by atoms with E-state index < -0.39 is 57.8 Å². The van der Waals surface area contributed by atoms with Crippen LogP contribution in [-0.4, -0.2) is 12.3 Å². The van der Waals surface area contributed by atoms with E-state index in [1.165, 1.54) is 30.4 Å². The summed E-state index contributed by atoms with van der Waals surface area (Å²) in [6, 6.07) is 6.18. The van der Waals surface area contributed by atoms with Gasteiger partial charge in [0.1, 0.15) is 0 Å². The highest BCUT2D eigenvalue weighted by atomic mass is 19.4. The van der Waals surface area contributed by atoms with Gasteiger partial charge in [-0.3, -0.25) is 4.79 Å². The Morgan fingerprint density at radius 1 is 0.966 bits per heavy atom. The van der Waals surface area contributed by atoms with Crippen molar-refractivity contribution < 1.29 is 40.4 Å². The summed E-state index contributed by atoms with van der Waals surface area (Å²) in [5.74, 6) is -10.6. The van der Waals surface area contributed by atoms with Crippen LogP contribution < -0.4 is 9.86 Å². The van der Waals surface area contributed by atoms with E-state index in [-0.39, 0.29) is 18.4 Å². The van der Waals surface area contributed by atoms with Crippen LogP contribution in [0.1, 0.15) is 12.8 Å². The van der Waals surface area contributed by atoms with Crippen molar-refractivity contribution in [1.82, 2.24) is 0 Å². The summed E-state index contributed by atoms with van der Waals surface area (Å²) in [4.78, 5) is 12.1. The van der Waals surface area contributed by atoms with Crippen LogP contribution in [0.3, 0.4) is 0 Å². The van der Waals surface area contributed by atoms with Gasteiger partial charge in [-0.15, -0.1) is 18.3 Å². The number of ether oxygens (including phenoxy) is 1. The van der Waals surface area contributed by atoms with Crippen molar-refractivity contribution in [2.75, 3.05) is 5.12 Å². The van der Waals surface area contributed by atoms with Crippen LogP contribution in [0.25, 0.3) is 11.1 Å². The van der Waals surface area contributed by atoms with Crippen molar-refractivity contribution in [1.29, 1.82) is 0 Å². The minimum atomic E-state index is -5.49. The van der Waals surface area contributed by atoms with Gasteiger partial charge in [0.2, 0.25) is 0 Å². The molecule has 3 rings (SSSR count). The van der Waals surface area contributed by atoms with E-state index >= 15 is 0 Å². The second kappa shape index (κ2) is 7.76. The predicted octanol–water partition coefficient (Wildman–Crippen LogP) is 5.85. The molecule has 0 unspecified atom stereocenters. The maximum atomic E-state index is 14.8. The highest BCUT2D eigenvalue weighted by Gasteiger charge is 2.40. The van der Waals surface area contributed by atoms with Crippen molar-refractivity contribution in [3.05, 3.63) is 59.9 Å². The smallest absolute Gasteiger partial charge is 0.402 e. The Bertz CT molecular complexity index is 950. The zero-order chi connectivity index (χ0) is 21.3. The van der Waals surface area contributed by atoms with Crippen molar-refractivity contribution in [3.8, 4) is 16.9 Å². The largest absolute Gasteiger partial charge is 0.573 e. The van der Waals surface area contributed by atoms with E-state index in [0.717, 1.165) is 12.1 Å². The minimum absolute atomic E-state index is 0.0684. The van der Waals surface area contributed by atoms with Crippen LogP contribution in [0.4, 0.5) is 36.5 Å². The first-order valence-corrected chi connectivity index (χ1v) is 8.28. The summed E-state index contributed by atoms with van der Waals surface area (Å²) in [7, 11) is 0. The van der Waals surface area contributed by atoms with E-state index in [9.17, 15) is 35.6 Å². The Labute approximate surface area is 159 Å². The summed E-state index contributed by atoms with van der Waals surface area (Å²) < 4.78 is 100. The quantitative estimate of drug-likeness (QED) is 0.269. The van der Waals surface area contributed by atoms with E-state index in [1.54, 1.807) is 0 Å². The number of alkyl halides is 3. The number of benzene rings is 2. The number of anilines is 1. The van der Waals surface area contributed by atoms with Gasteiger partial charge in [-0.1, -0.05) is 47.0 Å². The summed E-state index contributed by atoms with van der Waals surface area (Å²) in [6.45, 7) is 0. The number of carbonyl (C=O) groups excluding carboxylic acids is 1. The first kappa shape index (κ1) is 20.7. The van der Waals surface area contributed by atoms with Crippen LogP contribution in [0.2, 0.25) is 0 Å². The lowest BCUT2D eigenvalue weighted by atomic mass is 10.0. The lowest BCUT2D eigenvalue weighted by molar-refractivity contribution is -0.275. The molecule has 0 atom stereocenters. The van der Waals surface area contributed by atoms with Crippen molar-refractivity contribution in [3.63, 3.8) is 0 Å². The van der Waals surface area contributed by atoms with Crippen molar-refractivity contribution >= 4 is 11.6 Å². The number of hydrogen-bond donors (Lipinski definition) is 0. The summed E-state index contributed by atoms with van der Waals surface area (Å²) in [5, 5.41) is -1.01. The molecule has 0 bridgehead atoms. The van der Waals surface area contributed by atoms with Crippen LogP contribution >= 0.6 is 0 Å². The molecule has 1 amide bonds. The van der Waals surface area contributed by atoms with Gasteiger partial charge in [0.25, 0.3) is 5.91 Å². The molecule has 0 aromatic heterocycles. The average Bonchev–Trinajstić information content (AvgIpc) is 3.20. The van der Waals surface area contributed by atoms with Crippen LogP contribution in [0, 0.1) is 23.4 Å². The van der Waals surface area contributed by atoms with E-state index in [0.29, 0.717) is 0 Å². The number of carbonyl (C=O) groups is 1. The first-order chi connectivity index (χ1) is 13.6. The van der Waals surface area contributed by atoms with Crippen LogP contribution in [0.5, 0.6) is 5.75 Å². The van der Waals surface area contributed by atoms with Gasteiger partial charge in [-0.05, 0) is 18.4 Å². The Morgan fingerprint density at radius 3 is 2.10 bits per heavy atom. The molecule has 0 radical (unpaired) electrons. The monoisotopic (exact) mass is 419 g/mol. The van der Waals surface area contributed by atoms with Gasteiger partial charge in [0.15, 0.2) is 28.9 Å². The van der Waals surface area contributed by atoms with Gasteiger partial charge in [-0.2, -0.15) is 0 Å². The van der Waals surface area contributed by atoms with Gasteiger partial charge >= 0.3 is 6.36 Å². The second-order valence-corrected chi connectivity index (χ2v) is 6.17. The van der Waals surface area contributed by atoms with Gasteiger partial charge in [0.05, 0.1) is 5.56 Å². The molecule has 0 saturated carbocycles.